The number of rotatable bonds is 6. The predicted molar refractivity (Wildman–Crippen MR) is 79.3 cm³/mol. The number of nitrogens with one attached hydrogen (secondary N) is 1. The molecule has 0 atom stereocenters. The molecule has 0 saturated carbocycles. The Balaban J connectivity index is 2.43. The van der Waals surface area contributed by atoms with Crippen molar-refractivity contribution in [1.29, 1.82) is 0 Å². The van der Waals surface area contributed by atoms with Crippen LogP contribution in [-0.4, -0.2) is 18.8 Å². The molecule has 0 heterocycles. The van der Waals surface area contributed by atoms with Crippen LogP contribution in [0.1, 0.15) is 26.3 Å². The highest BCUT2D eigenvalue weighted by Crippen LogP contribution is 2.23. The van der Waals surface area contributed by atoms with Crippen molar-refractivity contribution in [3.63, 3.8) is 0 Å². The molecule has 0 amide bonds. The summed E-state index contributed by atoms with van der Waals surface area (Å²) in [5.41, 5.74) is 1.15. The number of benzene rings is 1. The minimum absolute atomic E-state index is 0.110. The summed E-state index contributed by atoms with van der Waals surface area (Å²) < 4.78 is 7.79. The molecule has 0 radical (unpaired) electrons. The van der Waals surface area contributed by atoms with E-state index in [1.54, 1.807) is 0 Å². The second-order valence-corrected chi connectivity index (χ2v) is 6.25. The third-order valence-corrected chi connectivity index (χ3v) is 4.28. The Labute approximate surface area is 120 Å². The van der Waals surface area contributed by atoms with Gasteiger partial charge >= 0.3 is 0 Å². The van der Waals surface area contributed by atoms with Gasteiger partial charge in [0.2, 0.25) is 0 Å². The lowest BCUT2D eigenvalue weighted by molar-refractivity contribution is -0.00897. The fourth-order valence-corrected chi connectivity index (χ4v) is 2.27. The molecule has 17 heavy (non-hydrogen) atoms. The van der Waals surface area contributed by atoms with E-state index in [0.717, 1.165) is 28.6 Å². The first-order valence-corrected chi connectivity index (χ1v) is 7.32. The maximum Gasteiger partial charge on any atom is 0.0750 e. The van der Waals surface area contributed by atoms with Gasteiger partial charge in [-0.3, -0.25) is 0 Å². The molecule has 96 valence electrons. The van der Waals surface area contributed by atoms with E-state index in [1.807, 2.05) is 6.92 Å². The van der Waals surface area contributed by atoms with E-state index >= 15 is 0 Å². The van der Waals surface area contributed by atoms with Gasteiger partial charge in [-0.2, -0.15) is 0 Å². The van der Waals surface area contributed by atoms with Crippen LogP contribution in [0.3, 0.4) is 0 Å². The highest BCUT2D eigenvalue weighted by atomic mass is 79.9. The fourth-order valence-electron chi connectivity index (χ4n) is 1.60. The van der Waals surface area contributed by atoms with E-state index in [2.05, 4.69) is 69.2 Å². The van der Waals surface area contributed by atoms with Gasteiger partial charge < -0.3 is 10.1 Å². The Bertz CT molecular complexity index is 366. The van der Waals surface area contributed by atoms with Gasteiger partial charge in [0.1, 0.15) is 0 Å². The van der Waals surface area contributed by atoms with Gasteiger partial charge in [0.15, 0.2) is 0 Å². The van der Waals surface area contributed by atoms with Crippen molar-refractivity contribution >= 4 is 31.9 Å². The zero-order valence-corrected chi connectivity index (χ0v) is 13.7. The maximum atomic E-state index is 5.63. The van der Waals surface area contributed by atoms with Crippen LogP contribution in [0.5, 0.6) is 0 Å². The Kier molecular flexibility index (Phi) is 6.13. The third kappa shape index (κ3) is 5.51. The summed E-state index contributed by atoms with van der Waals surface area (Å²) in [6.07, 6.45) is 0. The molecule has 0 aliphatic carbocycles. The Morgan fingerprint density at radius 1 is 1.24 bits per heavy atom. The average Bonchev–Trinajstić information content (AvgIpc) is 2.23. The zero-order chi connectivity index (χ0) is 12.9. The third-order valence-electron chi connectivity index (χ3n) is 2.40. The van der Waals surface area contributed by atoms with Gasteiger partial charge in [-0.1, -0.05) is 6.07 Å². The van der Waals surface area contributed by atoms with E-state index in [4.69, 9.17) is 4.74 Å². The largest absolute Gasteiger partial charge is 0.375 e. The van der Waals surface area contributed by atoms with Gasteiger partial charge in [0.05, 0.1) is 5.60 Å². The first-order chi connectivity index (χ1) is 7.94. The lowest BCUT2D eigenvalue weighted by atomic mass is 10.1. The summed E-state index contributed by atoms with van der Waals surface area (Å²) in [6.45, 7) is 8.66. The molecule has 1 rings (SSSR count). The number of halogens is 2. The molecular weight excluding hydrogens is 346 g/mol. The minimum Gasteiger partial charge on any atom is -0.375 e. The molecule has 0 saturated heterocycles. The monoisotopic (exact) mass is 363 g/mol. The molecular formula is C13H19Br2NO. The number of hydrogen-bond acceptors (Lipinski definition) is 2. The molecule has 0 fully saturated rings. The number of hydrogen-bond donors (Lipinski definition) is 1. The summed E-state index contributed by atoms with van der Waals surface area (Å²) in [6, 6.07) is 6.27. The molecule has 1 N–H and O–H groups in total. The number of ether oxygens (including phenoxy) is 1. The van der Waals surface area contributed by atoms with Crippen molar-refractivity contribution in [1.82, 2.24) is 5.32 Å². The Morgan fingerprint density at radius 3 is 2.53 bits per heavy atom. The quantitative estimate of drug-likeness (QED) is 0.819. The molecule has 1 aromatic rings. The van der Waals surface area contributed by atoms with E-state index in [1.165, 1.54) is 5.56 Å². The molecule has 0 aliphatic rings. The lowest BCUT2D eigenvalue weighted by Crippen LogP contribution is -2.37. The molecule has 2 nitrogen and oxygen atoms in total. The summed E-state index contributed by atoms with van der Waals surface area (Å²) in [5, 5.41) is 3.41. The first kappa shape index (κ1) is 15.2. The average molecular weight is 365 g/mol. The van der Waals surface area contributed by atoms with E-state index in [9.17, 15) is 0 Å². The maximum absolute atomic E-state index is 5.63. The summed E-state index contributed by atoms with van der Waals surface area (Å²) >= 11 is 6.97. The molecule has 0 bridgehead atoms. The summed E-state index contributed by atoms with van der Waals surface area (Å²) in [7, 11) is 0. The van der Waals surface area contributed by atoms with Crippen LogP contribution in [0.4, 0.5) is 0 Å². The van der Waals surface area contributed by atoms with Gasteiger partial charge in [-0.05, 0) is 70.3 Å². The lowest BCUT2D eigenvalue weighted by Gasteiger charge is -2.25. The van der Waals surface area contributed by atoms with Crippen LogP contribution in [0, 0.1) is 0 Å². The van der Waals surface area contributed by atoms with Crippen molar-refractivity contribution in [3.8, 4) is 0 Å². The Morgan fingerprint density at radius 2 is 1.94 bits per heavy atom. The van der Waals surface area contributed by atoms with E-state index in [-0.39, 0.29) is 5.60 Å². The van der Waals surface area contributed by atoms with Crippen LogP contribution >= 0.6 is 31.9 Å². The van der Waals surface area contributed by atoms with Crippen molar-refractivity contribution in [2.24, 2.45) is 0 Å². The molecule has 0 spiro atoms. The molecule has 0 unspecified atom stereocenters. The van der Waals surface area contributed by atoms with Crippen LogP contribution in [0.15, 0.2) is 27.1 Å². The molecule has 0 aliphatic heterocycles. The summed E-state index contributed by atoms with van der Waals surface area (Å²) in [4.78, 5) is 0. The minimum atomic E-state index is -0.110. The van der Waals surface area contributed by atoms with Crippen LogP contribution in [-0.2, 0) is 11.3 Å². The highest BCUT2D eigenvalue weighted by molar-refractivity contribution is 9.13. The van der Waals surface area contributed by atoms with Gasteiger partial charge in [0.25, 0.3) is 0 Å². The van der Waals surface area contributed by atoms with E-state index < -0.39 is 0 Å². The second kappa shape index (κ2) is 6.88. The standard InChI is InChI=1S/C13H19Br2NO/c1-4-17-13(2,3)9-16-8-10-5-6-11(14)12(15)7-10/h5-7,16H,4,8-9H2,1-3H3. The second-order valence-electron chi connectivity index (χ2n) is 4.54. The van der Waals surface area contributed by atoms with Crippen LogP contribution < -0.4 is 5.32 Å². The van der Waals surface area contributed by atoms with Gasteiger partial charge in [-0.25, -0.2) is 0 Å². The zero-order valence-electron chi connectivity index (χ0n) is 10.5. The first-order valence-electron chi connectivity index (χ1n) is 5.73. The van der Waals surface area contributed by atoms with Gasteiger partial charge in [0, 0.05) is 28.6 Å². The van der Waals surface area contributed by atoms with Gasteiger partial charge in [-0.15, -0.1) is 0 Å². The smallest absolute Gasteiger partial charge is 0.0750 e. The molecule has 4 heteroatoms. The van der Waals surface area contributed by atoms with Crippen molar-refractivity contribution in [2.75, 3.05) is 13.2 Å². The predicted octanol–water partition coefficient (Wildman–Crippen LogP) is 4.12. The normalized spacial score (nSPS) is 11.8. The SMILES string of the molecule is CCOC(C)(C)CNCc1ccc(Br)c(Br)c1. The molecule has 0 aromatic heterocycles. The van der Waals surface area contributed by atoms with Crippen LogP contribution in [0.25, 0.3) is 0 Å². The van der Waals surface area contributed by atoms with Crippen molar-refractivity contribution in [3.05, 3.63) is 32.7 Å². The van der Waals surface area contributed by atoms with E-state index in [0.29, 0.717) is 0 Å². The highest BCUT2D eigenvalue weighted by Gasteiger charge is 2.16. The topological polar surface area (TPSA) is 21.3 Å². The van der Waals surface area contributed by atoms with Crippen molar-refractivity contribution < 1.29 is 4.74 Å². The fraction of sp³-hybridized carbons (Fsp3) is 0.538. The van der Waals surface area contributed by atoms with Crippen molar-refractivity contribution in [2.45, 2.75) is 32.9 Å². The summed E-state index contributed by atoms with van der Waals surface area (Å²) in [5.74, 6) is 0. The molecule has 1 aromatic carbocycles. The Hall–Kier alpha value is 0.1000. The van der Waals surface area contributed by atoms with Crippen LogP contribution in [0.2, 0.25) is 0 Å².